The van der Waals surface area contributed by atoms with E-state index < -0.39 is 5.72 Å². The molecule has 2 heterocycles. The number of para-hydroxylation sites is 1. The molecule has 3 nitrogen and oxygen atoms in total. The van der Waals surface area contributed by atoms with Gasteiger partial charge in [-0.1, -0.05) is 25.1 Å². The molecule has 2 bridgehead atoms. The summed E-state index contributed by atoms with van der Waals surface area (Å²) in [5, 5.41) is 7.20. The third-order valence-corrected chi connectivity index (χ3v) is 3.81. The first-order valence-electron chi connectivity index (χ1n) is 5.47. The van der Waals surface area contributed by atoms with E-state index in [1.165, 1.54) is 5.56 Å². The molecule has 0 aliphatic carbocycles. The smallest absolute Gasteiger partial charge is 0.184 e. The van der Waals surface area contributed by atoms with Crippen LogP contribution in [-0.4, -0.2) is 10.8 Å². The van der Waals surface area contributed by atoms with E-state index in [0.717, 1.165) is 5.75 Å². The van der Waals surface area contributed by atoms with Gasteiger partial charge in [-0.3, -0.25) is 0 Å². The molecule has 4 heteroatoms. The average Bonchev–Trinajstić information content (AvgIpc) is 2.22. The molecule has 16 heavy (non-hydrogen) atoms. The zero-order valence-corrected chi connectivity index (χ0v) is 10.1. The van der Waals surface area contributed by atoms with Gasteiger partial charge in [0.15, 0.2) is 10.8 Å². The fourth-order valence-corrected chi connectivity index (χ4v) is 2.81. The fourth-order valence-electron chi connectivity index (χ4n) is 2.48. The van der Waals surface area contributed by atoms with Crippen LogP contribution < -0.4 is 15.4 Å². The summed E-state index contributed by atoms with van der Waals surface area (Å²) in [5.74, 6) is 1.27. The first kappa shape index (κ1) is 9.90. The Labute approximate surface area is 100 Å². The molecule has 1 aromatic rings. The van der Waals surface area contributed by atoms with Gasteiger partial charge < -0.3 is 15.4 Å². The molecule has 1 saturated heterocycles. The molecule has 0 amide bonds. The number of ether oxygens (including phenoxy) is 1. The van der Waals surface area contributed by atoms with Crippen LogP contribution >= 0.6 is 12.2 Å². The van der Waals surface area contributed by atoms with E-state index >= 15 is 0 Å². The normalized spacial score (nSPS) is 35.5. The lowest BCUT2D eigenvalue weighted by molar-refractivity contribution is -0.0262. The number of nitrogens with one attached hydrogen (secondary N) is 2. The molecule has 84 valence electrons. The lowest BCUT2D eigenvalue weighted by Gasteiger charge is -2.50. The highest BCUT2D eigenvalue weighted by atomic mass is 32.1. The minimum atomic E-state index is -0.401. The van der Waals surface area contributed by atoms with E-state index in [9.17, 15) is 0 Å². The van der Waals surface area contributed by atoms with Crippen molar-refractivity contribution < 1.29 is 4.74 Å². The first-order chi connectivity index (χ1) is 7.60. The summed E-state index contributed by atoms with van der Waals surface area (Å²) in [6.45, 7) is 4.22. The maximum Gasteiger partial charge on any atom is 0.184 e. The number of rotatable bonds is 0. The van der Waals surface area contributed by atoms with Crippen molar-refractivity contribution in [2.75, 3.05) is 0 Å². The minimum absolute atomic E-state index is 0.240. The molecule has 0 unspecified atom stereocenters. The zero-order chi connectivity index (χ0) is 11.3. The van der Waals surface area contributed by atoms with Crippen LogP contribution in [0.15, 0.2) is 24.3 Å². The van der Waals surface area contributed by atoms with Gasteiger partial charge in [-0.2, -0.15) is 0 Å². The second-order valence-corrected chi connectivity index (χ2v) is 5.02. The van der Waals surface area contributed by atoms with Crippen LogP contribution in [0.2, 0.25) is 0 Å². The monoisotopic (exact) mass is 234 g/mol. The fraction of sp³-hybridized carbons (Fsp3) is 0.417. The summed E-state index contributed by atoms with van der Waals surface area (Å²) >= 11 is 5.21. The Hall–Kier alpha value is -1.29. The van der Waals surface area contributed by atoms with Gasteiger partial charge in [-0.05, 0) is 25.2 Å². The predicted octanol–water partition coefficient (Wildman–Crippen LogP) is 1.95. The van der Waals surface area contributed by atoms with Crippen molar-refractivity contribution in [3.8, 4) is 5.75 Å². The lowest BCUT2D eigenvalue weighted by Crippen LogP contribution is -2.67. The molecule has 0 spiro atoms. The van der Waals surface area contributed by atoms with Crippen LogP contribution in [0.5, 0.6) is 5.75 Å². The molecule has 0 radical (unpaired) electrons. The summed E-state index contributed by atoms with van der Waals surface area (Å²) < 4.78 is 6.03. The van der Waals surface area contributed by atoms with Gasteiger partial charge in [0.1, 0.15) is 5.75 Å². The van der Waals surface area contributed by atoms with Gasteiger partial charge in [0.25, 0.3) is 0 Å². The Bertz CT molecular complexity index is 462. The zero-order valence-electron chi connectivity index (χ0n) is 9.28. The van der Waals surface area contributed by atoms with Gasteiger partial charge in [0, 0.05) is 11.5 Å². The van der Waals surface area contributed by atoms with Crippen LogP contribution in [-0.2, 0) is 0 Å². The molecule has 2 N–H and O–H groups in total. The molecule has 3 rings (SSSR count). The van der Waals surface area contributed by atoms with Crippen molar-refractivity contribution in [2.24, 2.45) is 5.92 Å². The van der Waals surface area contributed by atoms with E-state index in [2.05, 4.69) is 23.6 Å². The molecule has 1 aromatic carbocycles. The Balaban J connectivity index is 2.15. The highest BCUT2D eigenvalue weighted by molar-refractivity contribution is 7.80. The maximum absolute atomic E-state index is 6.03. The standard InChI is InChI=1S/C12H14N2OS/c1-7-10-8-5-3-4-6-9(8)15-12(7,2)14-11(16)13-10/h3-7,10H,1-2H3,(H2,13,14,16)/t7-,10+,12+/m1/s1. The number of fused-ring (bicyclic) bond motifs is 4. The van der Waals surface area contributed by atoms with Gasteiger partial charge >= 0.3 is 0 Å². The molecular weight excluding hydrogens is 220 g/mol. The van der Waals surface area contributed by atoms with Crippen molar-refractivity contribution in [2.45, 2.75) is 25.6 Å². The second kappa shape index (κ2) is 3.10. The van der Waals surface area contributed by atoms with E-state index in [4.69, 9.17) is 17.0 Å². The summed E-state index contributed by atoms with van der Waals surface area (Å²) in [6.07, 6.45) is 0. The Kier molecular flexibility index (Phi) is 1.92. The highest BCUT2D eigenvalue weighted by Gasteiger charge is 2.48. The second-order valence-electron chi connectivity index (χ2n) is 4.61. The van der Waals surface area contributed by atoms with E-state index in [0.29, 0.717) is 11.0 Å². The van der Waals surface area contributed by atoms with Crippen LogP contribution in [0, 0.1) is 5.92 Å². The number of benzene rings is 1. The van der Waals surface area contributed by atoms with Gasteiger partial charge in [0.05, 0.1) is 6.04 Å². The van der Waals surface area contributed by atoms with Crippen molar-refractivity contribution in [1.29, 1.82) is 0 Å². The van der Waals surface area contributed by atoms with Crippen LogP contribution in [0.25, 0.3) is 0 Å². The molecule has 2 aliphatic heterocycles. The van der Waals surface area contributed by atoms with Gasteiger partial charge in [-0.15, -0.1) is 0 Å². The first-order valence-corrected chi connectivity index (χ1v) is 5.87. The third kappa shape index (κ3) is 1.23. The van der Waals surface area contributed by atoms with Crippen LogP contribution in [0.4, 0.5) is 0 Å². The molecule has 1 fully saturated rings. The van der Waals surface area contributed by atoms with E-state index in [1.54, 1.807) is 0 Å². The third-order valence-electron chi connectivity index (χ3n) is 3.59. The largest absolute Gasteiger partial charge is 0.468 e. The highest BCUT2D eigenvalue weighted by Crippen LogP contribution is 2.43. The van der Waals surface area contributed by atoms with Crippen LogP contribution in [0.1, 0.15) is 25.5 Å². The maximum atomic E-state index is 6.03. The lowest BCUT2D eigenvalue weighted by atomic mass is 9.82. The SMILES string of the molecule is C[C@@H]1[C@@H]2NC(=S)N[C@@]1(C)Oc1ccccc12. The minimum Gasteiger partial charge on any atom is -0.468 e. The van der Waals surface area contributed by atoms with Crippen molar-refractivity contribution in [3.63, 3.8) is 0 Å². The van der Waals surface area contributed by atoms with Crippen molar-refractivity contribution >= 4 is 17.3 Å². The van der Waals surface area contributed by atoms with Crippen molar-refractivity contribution in [3.05, 3.63) is 29.8 Å². The Morgan fingerprint density at radius 3 is 2.94 bits per heavy atom. The average molecular weight is 234 g/mol. The summed E-state index contributed by atoms with van der Waals surface area (Å²) in [7, 11) is 0. The van der Waals surface area contributed by atoms with Crippen molar-refractivity contribution in [1.82, 2.24) is 10.6 Å². The van der Waals surface area contributed by atoms with Gasteiger partial charge in [0.2, 0.25) is 0 Å². The quantitative estimate of drug-likeness (QED) is 0.672. The molecule has 0 aromatic heterocycles. The number of hydrogen-bond acceptors (Lipinski definition) is 2. The number of thiocarbonyl (C=S) groups is 1. The van der Waals surface area contributed by atoms with Crippen LogP contribution in [0.3, 0.4) is 0 Å². The van der Waals surface area contributed by atoms with E-state index in [1.807, 2.05) is 25.1 Å². The topological polar surface area (TPSA) is 33.3 Å². The number of hydrogen-bond donors (Lipinski definition) is 2. The molecule has 2 aliphatic rings. The summed E-state index contributed by atoms with van der Waals surface area (Å²) in [6, 6.07) is 8.36. The molecular formula is C12H14N2OS. The summed E-state index contributed by atoms with van der Waals surface area (Å²) in [5.41, 5.74) is 0.790. The summed E-state index contributed by atoms with van der Waals surface area (Å²) in [4.78, 5) is 0. The Morgan fingerprint density at radius 1 is 1.38 bits per heavy atom. The molecule has 0 saturated carbocycles. The van der Waals surface area contributed by atoms with Gasteiger partial charge in [-0.25, -0.2) is 0 Å². The molecule has 3 atom stereocenters. The van der Waals surface area contributed by atoms with E-state index in [-0.39, 0.29) is 6.04 Å². The predicted molar refractivity (Wildman–Crippen MR) is 66.2 cm³/mol. The Morgan fingerprint density at radius 2 is 2.12 bits per heavy atom.